The molecule has 3 fully saturated rings. The molecule has 3 aromatic heterocycles. The van der Waals surface area contributed by atoms with E-state index in [-0.39, 0.29) is 17.4 Å². The van der Waals surface area contributed by atoms with Crippen molar-refractivity contribution in [3.05, 3.63) is 41.7 Å². The van der Waals surface area contributed by atoms with Gasteiger partial charge in [0.2, 0.25) is 0 Å². The minimum atomic E-state index is -0.536. The molecule has 0 amide bonds. The van der Waals surface area contributed by atoms with Gasteiger partial charge in [0.05, 0.1) is 17.5 Å². The number of nitrogens with zero attached hydrogens (tertiary/aromatic N) is 3. The van der Waals surface area contributed by atoms with Crippen LogP contribution >= 0.6 is 0 Å². The Kier molecular flexibility index (Phi) is 4.00. The molecule has 1 unspecified atom stereocenters. The Labute approximate surface area is 160 Å². The van der Waals surface area contributed by atoms with Gasteiger partial charge < -0.3 is 10.3 Å². The summed E-state index contributed by atoms with van der Waals surface area (Å²) in [6.07, 6.45) is 8.63. The van der Waals surface area contributed by atoms with Gasteiger partial charge in [-0.15, -0.1) is 0 Å². The van der Waals surface area contributed by atoms with Gasteiger partial charge in [-0.1, -0.05) is 12.8 Å². The molecule has 142 valence electrons. The molecular formula is C21H19F2N5. The van der Waals surface area contributed by atoms with Gasteiger partial charge in [-0.25, -0.2) is 18.7 Å². The Bertz CT molecular complexity index is 1090. The molecule has 3 aliphatic rings. The molecule has 2 N–H and O–H groups in total. The second-order valence-electron chi connectivity index (χ2n) is 7.85. The van der Waals surface area contributed by atoms with Crippen LogP contribution in [-0.4, -0.2) is 21.0 Å². The van der Waals surface area contributed by atoms with Gasteiger partial charge in [0.25, 0.3) is 0 Å². The highest BCUT2D eigenvalue weighted by Gasteiger charge is 2.36. The van der Waals surface area contributed by atoms with Crippen LogP contribution in [0, 0.1) is 34.8 Å². The Balaban J connectivity index is 1.57. The summed E-state index contributed by atoms with van der Waals surface area (Å²) < 4.78 is 28.4. The number of hydrogen-bond donors (Lipinski definition) is 2. The van der Waals surface area contributed by atoms with Crippen LogP contribution in [0.3, 0.4) is 0 Å². The molecule has 0 radical (unpaired) electrons. The number of anilines is 1. The fraction of sp³-hybridized carbons (Fsp3) is 0.381. The number of nitriles is 1. The molecule has 5 nitrogen and oxygen atoms in total. The Morgan fingerprint density at radius 3 is 2.71 bits per heavy atom. The maximum atomic E-state index is 14.7. The van der Waals surface area contributed by atoms with Crippen molar-refractivity contribution in [2.75, 3.05) is 5.32 Å². The van der Waals surface area contributed by atoms with E-state index in [1.807, 2.05) is 6.07 Å². The Morgan fingerprint density at radius 1 is 1.18 bits per heavy atom. The van der Waals surface area contributed by atoms with Gasteiger partial charge in [-0.3, -0.25) is 0 Å². The first-order valence-electron chi connectivity index (χ1n) is 9.62. The third kappa shape index (κ3) is 2.80. The number of hydrogen-bond acceptors (Lipinski definition) is 4. The summed E-state index contributed by atoms with van der Waals surface area (Å²) in [7, 11) is 0. The monoisotopic (exact) mass is 379 g/mol. The van der Waals surface area contributed by atoms with E-state index in [9.17, 15) is 14.0 Å². The molecule has 0 aliphatic heterocycles. The minimum absolute atomic E-state index is 0.110. The first-order chi connectivity index (χ1) is 13.6. The van der Waals surface area contributed by atoms with Crippen LogP contribution in [0.1, 0.15) is 37.7 Å². The Hall–Kier alpha value is -3.01. The van der Waals surface area contributed by atoms with Gasteiger partial charge >= 0.3 is 0 Å². The highest BCUT2D eigenvalue weighted by molar-refractivity contribution is 5.94. The number of H-pyrrole nitrogens is 1. The van der Waals surface area contributed by atoms with Gasteiger partial charge in [-0.05, 0) is 43.2 Å². The highest BCUT2D eigenvalue weighted by Crippen LogP contribution is 2.42. The zero-order valence-electron chi connectivity index (χ0n) is 15.2. The van der Waals surface area contributed by atoms with Crippen molar-refractivity contribution >= 4 is 16.9 Å². The van der Waals surface area contributed by atoms with Crippen molar-refractivity contribution < 1.29 is 8.78 Å². The van der Waals surface area contributed by atoms with Crippen molar-refractivity contribution in [2.24, 2.45) is 11.8 Å². The van der Waals surface area contributed by atoms with Gasteiger partial charge in [0.1, 0.15) is 17.5 Å². The predicted molar refractivity (Wildman–Crippen MR) is 101 cm³/mol. The quantitative estimate of drug-likeness (QED) is 0.687. The van der Waals surface area contributed by atoms with Gasteiger partial charge in [0.15, 0.2) is 11.6 Å². The third-order valence-electron chi connectivity index (χ3n) is 6.22. The average Bonchev–Trinajstić information content (AvgIpc) is 3.13. The van der Waals surface area contributed by atoms with Crippen molar-refractivity contribution in [1.29, 1.82) is 5.26 Å². The first-order valence-corrected chi connectivity index (χ1v) is 9.62. The second-order valence-corrected chi connectivity index (χ2v) is 7.85. The molecule has 6 rings (SSSR count). The molecule has 0 aromatic carbocycles. The largest absolute Gasteiger partial charge is 0.365 e. The van der Waals surface area contributed by atoms with Crippen molar-refractivity contribution in [2.45, 2.75) is 38.1 Å². The van der Waals surface area contributed by atoms with E-state index < -0.39 is 11.6 Å². The normalized spacial score (nSPS) is 23.7. The summed E-state index contributed by atoms with van der Waals surface area (Å²) >= 11 is 0. The summed E-state index contributed by atoms with van der Waals surface area (Å²) in [5, 5.41) is 13.3. The molecule has 0 spiro atoms. The third-order valence-corrected chi connectivity index (χ3v) is 6.22. The van der Waals surface area contributed by atoms with Crippen molar-refractivity contribution in [3.63, 3.8) is 0 Å². The van der Waals surface area contributed by atoms with Crippen LogP contribution in [0.15, 0.2) is 24.5 Å². The number of halogens is 2. The van der Waals surface area contributed by atoms with Crippen LogP contribution in [0.2, 0.25) is 0 Å². The number of rotatable bonds is 3. The molecule has 28 heavy (non-hydrogen) atoms. The summed E-state index contributed by atoms with van der Waals surface area (Å²) in [5.41, 5.74) is 1.46. The van der Waals surface area contributed by atoms with E-state index >= 15 is 0 Å². The maximum absolute atomic E-state index is 14.7. The van der Waals surface area contributed by atoms with E-state index in [0.717, 1.165) is 12.6 Å². The lowest BCUT2D eigenvalue weighted by Crippen LogP contribution is -2.40. The van der Waals surface area contributed by atoms with Crippen molar-refractivity contribution in [3.8, 4) is 17.3 Å². The molecule has 0 saturated heterocycles. The zero-order chi connectivity index (χ0) is 19.3. The number of aromatic amines is 1. The summed E-state index contributed by atoms with van der Waals surface area (Å²) in [6.45, 7) is 0. The lowest BCUT2D eigenvalue weighted by molar-refractivity contribution is 0.157. The lowest BCUT2D eigenvalue weighted by Gasteiger charge is -2.42. The van der Waals surface area contributed by atoms with E-state index in [1.165, 1.54) is 37.8 Å². The van der Waals surface area contributed by atoms with Gasteiger partial charge in [0, 0.05) is 23.2 Å². The first kappa shape index (κ1) is 17.1. The second kappa shape index (κ2) is 6.55. The number of pyridine rings is 2. The summed E-state index contributed by atoms with van der Waals surface area (Å²) in [6, 6.07) is 4.76. The topological polar surface area (TPSA) is 77.4 Å². The number of aromatic nitrogens is 3. The zero-order valence-corrected chi connectivity index (χ0v) is 15.2. The van der Waals surface area contributed by atoms with Gasteiger partial charge in [-0.2, -0.15) is 5.26 Å². The Morgan fingerprint density at radius 2 is 2.00 bits per heavy atom. The standard InChI is InChI=1S/C21H19F2N5/c22-14-7-15-16(10-26-20(15)25-9-14)19-13(8-24)6-17(23)21(28-19)27-18-5-11-1-3-12(18)4-2-11/h6-7,9-12,18H,1-5H2,(H,25,26)(H,27,28). The minimum Gasteiger partial charge on any atom is -0.365 e. The molecule has 3 saturated carbocycles. The van der Waals surface area contributed by atoms with E-state index in [4.69, 9.17) is 0 Å². The summed E-state index contributed by atoms with van der Waals surface area (Å²) in [4.78, 5) is 11.4. The van der Waals surface area contributed by atoms with Crippen LogP contribution in [-0.2, 0) is 0 Å². The van der Waals surface area contributed by atoms with E-state index in [1.54, 1.807) is 6.20 Å². The molecule has 3 heterocycles. The van der Waals surface area contributed by atoms with Crippen LogP contribution in [0.5, 0.6) is 0 Å². The molecule has 3 aromatic rings. The van der Waals surface area contributed by atoms with Crippen LogP contribution in [0.25, 0.3) is 22.3 Å². The number of nitrogens with one attached hydrogen (secondary N) is 2. The molecule has 1 atom stereocenters. The van der Waals surface area contributed by atoms with E-state index in [0.29, 0.717) is 34.1 Å². The van der Waals surface area contributed by atoms with Crippen molar-refractivity contribution in [1.82, 2.24) is 15.0 Å². The fourth-order valence-corrected chi connectivity index (χ4v) is 4.78. The smallest absolute Gasteiger partial charge is 0.166 e. The average molecular weight is 379 g/mol. The lowest BCUT2D eigenvalue weighted by atomic mass is 9.68. The van der Waals surface area contributed by atoms with Crippen LogP contribution < -0.4 is 5.32 Å². The molecular weight excluding hydrogens is 360 g/mol. The molecule has 2 bridgehead atoms. The molecule has 3 aliphatic carbocycles. The molecule has 7 heteroatoms. The highest BCUT2D eigenvalue weighted by atomic mass is 19.1. The van der Waals surface area contributed by atoms with Crippen LogP contribution in [0.4, 0.5) is 14.6 Å². The fourth-order valence-electron chi connectivity index (χ4n) is 4.78. The SMILES string of the molecule is N#Cc1cc(F)c(NC2CC3CCC2CC3)nc1-c1c[nH]c2ncc(F)cc12. The van der Waals surface area contributed by atoms with E-state index in [2.05, 4.69) is 20.3 Å². The number of fused-ring (bicyclic) bond motifs is 4. The predicted octanol–water partition coefficient (Wildman–Crippen LogP) is 4.77. The maximum Gasteiger partial charge on any atom is 0.166 e. The summed E-state index contributed by atoms with van der Waals surface area (Å²) in [5.74, 6) is 0.379.